The smallest absolute Gasteiger partial charge is 0.356 e. The molecule has 4 rings (SSSR count). The standard InChI is InChI=1S/C28H24N2O6/c1-16-8-10-18(11-9-16)23-21-6-4-5-7-22(21)26(32)30(3)24(23)28(35)36-17(2)25(31)29-20-14-12-19(13-15-20)27(33)34/h4-15,17H,1-3H3,(H,29,31)(H,33,34). The Morgan fingerprint density at radius 3 is 2.14 bits per heavy atom. The third-order valence-corrected chi connectivity index (χ3v) is 5.89. The van der Waals surface area contributed by atoms with Gasteiger partial charge in [-0.25, -0.2) is 9.59 Å². The molecule has 1 atom stereocenters. The molecule has 1 unspecified atom stereocenters. The van der Waals surface area contributed by atoms with Crippen molar-refractivity contribution in [2.24, 2.45) is 7.05 Å². The molecule has 0 radical (unpaired) electrons. The topological polar surface area (TPSA) is 115 Å². The van der Waals surface area contributed by atoms with Crippen molar-refractivity contribution < 1.29 is 24.2 Å². The van der Waals surface area contributed by atoms with Crippen LogP contribution >= 0.6 is 0 Å². The lowest BCUT2D eigenvalue weighted by Crippen LogP contribution is -2.32. The first-order chi connectivity index (χ1) is 17.2. The minimum absolute atomic E-state index is 0.0352. The van der Waals surface area contributed by atoms with Crippen LogP contribution in [0.2, 0.25) is 0 Å². The van der Waals surface area contributed by atoms with Crippen LogP contribution in [-0.4, -0.2) is 33.6 Å². The van der Waals surface area contributed by atoms with E-state index >= 15 is 0 Å². The summed E-state index contributed by atoms with van der Waals surface area (Å²) in [5.41, 5.74) is 2.42. The minimum Gasteiger partial charge on any atom is -0.478 e. The fourth-order valence-corrected chi connectivity index (χ4v) is 3.93. The zero-order chi connectivity index (χ0) is 26.0. The number of hydrogen-bond acceptors (Lipinski definition) is 5. The maximum absolute atomic E-state index is 13.4. The number of nitrogens with zero attached hydrogens (tertiary/aromatic N) is 1. The number of ether oxygens (including phenoxy) is 1. The van der Waals surface area contributed by atoms with Gasteiger partial charge in [0.2, 0.25) is 0 Å². The van der Waals surface area contributed by atoms with Crippen LogP contribution in [0, 0.1) is 6.92 Å². The summed E-state index contributed by atoms with van der Waals surface area (Å²) in [4.78, 5) is 50.1. The summed E-state index contributed by atoms with van der Waals surface area (Å²) in [5.74, 6) is -2.51. The number of aromatic nitrogens is 1. The Kier molecular flexibility index (Phi) is 6.69. The SMILES string of the molecule is Cc1ccc(-c2c(C(=O)OC(C)C(=O)Nc3ccc(C(=O)O)cc3)n(C)c(=O)c3ccccc23)cc1. The molecule has 4 aromatic rings. The number of anilines is 1. The number of hydrogen-bond donors (Lipinski definition) is 2. The number of carbonyl (C=O) groups is 3. The highest BCUT2D eigenvalue weighted by molar-refractivity contribution is 6.07. The molecule has 0 saturated heterocycles. The minimum atomic E-state index is -1.19. The molecular weight excluding hydrogens is 460 g/mol. The molecule has 0 bridgehead atoms. The third kappa shape index (κ3) is 4.74. The highest BCUT2D eigenvalue weighted by atomic mass is 16.5. The number of benzene rings is 3. The average Bonchev–Trinajstić information content (AvgIpc) is 2.86. The van der Waals surface area contributed by atoms with Gasteiger partial charge in [0, 0.05) is 23.7 Å². The van der Waals surface area contributed by atoms with E-state index in [1.54, 1.807) is 24.3 Å². The molecule has 0 aliphatic carbocycles. The first-order valence-corrected chi connectivity index (χ1v) is 11.2. The average molecular weight is 485 g/mol. The van der Waals surface area contributed by atoms with E-state index in [9.17, 15) is 19.2 Å². The normalized spacial score (nSPS) is 11.6. The van der Waals surface area contributed by atoms with E-state index in [4.69, 9.17) is 9.84 Å². The molecule has 182 valence electrons. The second kappa shape index (κ2) is 9.87. The number of aromatic carboxylic acids is 1. The molecule has 1 amide bonds. The molecule has 0 aliphatic heterocycles. The van der Waals surface area contributed by atoms with Gasteiger partial charge in [0.1, 0.15) is 5.69 Å². The number of nitrogens with one attached hydrogen (secondary N) is 1. The summed E-state index contributed by atoms with van der Waals surface area (Å²) in [5, 5.41) is 12.7. The van der Waals surface area contributed by atoms with Crippen LogP contribution in [0.1, 0.15) is 33.3 Å². The van der Waals surface area contributed by atoms with Crippen LogP contribution in [0.5, 0.6) is 0 Å². The van der Waals surface area contributed by atoms with Crippen molar-refractivity contribution >= 4 is 34.3 Å². The first kappa shape index (κ1) is 24.4. The monoisotopic (exact) mass is 484 g/mol. The summed E-state index contributed by atoms with van der Waals surface area (Å²) < 4.78 is 6.74. The molecule has 36 heavy (non-hydrogen) atoms. The van der Waals surface area contributed by atoms with E-state index in [-0.39, 0.29) is 16.8 Å². The molecule has 0 saturated carbocycles. The van der Waals surface area contributed by atoms with E-state index in [1.807, 2.05) is 31.2 Å². The first-order valence-electron chi connectivity index (χ1n) is 11.2. The van der Waals surface area contributed by atoms with Crippen molar-refractivity contribution in [2.75, 3.05) is 5.32 Å². The number of rotatable bonds is 6. The van der Waals surface area contributed by atoms with Crippen molar-refractivity contribution in [1.82, 2.24) is 4.57 Å². The Bertz CT molecular complexity index is 1540. The van der Waals surface area contributed by atoms with E-state index in [1.165, 1.54) is 42.8 Å². The van der Waals surface area contributed by atoms with E-state index in [0.29, 0.717) is 22.0 Å². The van der Waals surface area contributed by atoms with Gasteiger partial charge in [-0.15, -0.1) is 0 Å². The van der Waals surface area contributed by atoms with Crippen LogP contribution in [0.4, 0.5) is 5.69 Å². The Labute approximate surface area is 206 Å². The van der Waals surface area contributed by atoms with Crippen LogP contribution in [0.25, 0.3) is 21.9 Å². The number of aryl methyl sites for hydroxylation is 1. The third-order valence-electron chi connectivity index (χ3n) is 5.89. The fourth-order valence-electron chi connectivity index (χ4n) is 3.93. The lowest BCUT2D eigenvalue weighted by molar-refractivity contribution is -0.123. The summed E-state index contributed by atoms with van der Waals surface area (Å²) in [6.45, 7) is 3.37. The highest BCUT2D eigenvalue weighted by Crippen LogP contribution is 2.31. The summed E-state index contributed by atoms with van der Waals surface area (Å²) >= 11 is 0. The van der Waals surface area contributed by atoms with Crippen molar-refractivity contribution in [2.45, 2.75) is 20.0 Å². The Hall–Kier alpha value is -4.72. The van der Waals surface area contributed by atoms with Crippen molar-refractivity contribution in [3.63, 3.8) is 0 Å². The second-order valence-electron chi connectivity index (χ2n) is 8.42. The van der Waals surface area contributed by atoms with Crippen LogP contribution < -0.4 is 10.9 Å². The van der Waals surface area contributed by atoms with E-state index < -0.39 is 23.9 Å². The number of fused-ring (bicyclic) bond motifs is 1. The van der Waals surface area contributed by atoms with Crippen LogP contribution in [0.15, 0.2) is 77.6 Å². The van der Waals surface area contributed by atoms with Gasteiger partial charge in [0.15, 0.2) is 6.10 Å². The van der Waals surface area contributed by atoms with Gasteiger partial charge in [-0.3, -0.25) is 9.59 Å². The highest BCUT2D eigenvalue weighted by Gasteiger charge is 2.26. The summed E-state index contributed by atoms with van der Waals surface area (Å²) in [7, 11) is 1.50. The number of esters is 1. The molecule has 1 aromatic heterocycles. The Balaban J connectivity index is 1.68. The molecule has 8 heteroatoms. The van der Waals surface area contributed by atoms with Gasteiger partial charge < -0.3 is 19.7 Å². The number of carboxylic acids is 1. The Morgan fingerprint density at radius 2 is 1.53 bits per heavy atom. The van der Waals surface area contributed by atoms with Crippen LogP contribution in [0.3, 0.4) is 0 Å². The molecule has 2 N–H and O–H groups in total. The maximum Gasteiger partial charge on any atom is 0.356 e. The van der Waals surface area contributed by atoms with E-state index in [0.717, 1.165) is 11.1 Å². The molecule has 1 heterocycles. The zero-order valence-corrected chi connectivity index (χ0v) is 19.9. The predicted molar refractivity (Wildman–Crippen MR) is 136 cm³/mol. The predicted octanol–water partition coefficient (Wildman–Crippen LogP) is 4.40. The quantitative estimate of drug-likeness (QED) is 0.392. The fraction of sp³-hybridized carbons (Fsp3) is 0.143. The molecule has 8 nitrogen and oxygen atoms in total. The largest absolute Gasteiger partial charge is 0.478 e. The Morgan fingerprint density at radius 1 is 0.917 bits per heavy atom. The molecule has 0 spiro atoms. The number of amides is 1. The lowest BCUT2D eigenvalue weighted by atomic mass is 9.96. The van der Waals surface area contributed by atoms with Gasteiger partial charge in [-0.05, 0) is 55.1 Å². The van der Waals surface area contributed by atoms with Gasteiger partial charge in [-0.1, -0.05) is 48.0 Å². The van der Waals surface area contributed by atoms with Crippen molar-refractivity contribution in [3.05, 3.63) is 100.0 Å². The number of carboxylic acid groups (broad SMARTS) is 1. The van der Waals surface area contributed by atoms with Gasteiger partial charge in [0.25, 0.3) is 11.5 Å². The number of pyridine rings is 1. The summed E-state index contributed by atoms with van der Waals surface area (Å²) in [6, 6.07) is 20.2. The summed E-state index contributed by atoms with van der Waals surface area (Å²) in [6.07, 6.45) is -1.19. The van der Waals surface area contributed by atoms with Gasteiger partial charge in [0.05, 0.1) is 5.56 Å². The second-order valence-corrected chi connectivity index (χ2v) is 8.42. The van der Waals surface area contributed by atoms with E-state index in [2.05, 4.69) is 5.32 Å². The molecule has 0 aliphatic rings. The van der Waals surface area contributed by atoms with Crippen molar-refractivity contribution in [3.8, 4) is 11.1 Å². The maximum atomic E-state index is 13.4. The van der Waals surface area contributed by atoms with Gasteiger partial charge >= 0.3 is 11.9 Å². The lowest BCUT2D eigenvalue weighted by Gasteiger charge is -2.19. The van der Waals surface area contributed by atoms with Gasteiger partial charge in [-0.2, -0.15) is 0 Å². The molecule has 0 fully saturated rings. The molecular formula is C28H24N2O6. The number of carbonyl (C=O) groups excluding carboxylic acids is 2. The zero-order valence-electron chi connectivity index (χ0n) is 19.9. The van der Waals surface area contributed by atoms with Crippen LogP contribution in [-0.2, 0) is 16.6 Å². The van der Waals surface area contributed by atoms with Crippen molar-refractivity contribution in [1.29, 1.82) is 0 Å². The molecule has 3 aromatic carbocycles.